The Morgan fingerprint density at radius 2 is 0.882 bits per heavy atom. The van der Waals surface area contributed by atoms with E-state index < -0.39 is 0 Å². The SMILES string of the molecule is CC(C)(C)c1ccc2c(c1)[C@@H]1c3ccc(C(C)(C)C)cc3[C@H]2c2cc3c(Cl)nnc(Cl)c3cc21. The third-order valence-electron chi connectivity index (χ3n) is 7.66. The zero-order chi connectivity index (χ0) is 24.2. The van der Waals surface area contributed by atoms with Crippen LogP contribution in [0.4, 0.5) is 0 Å². The molecule has 7 rings (SSSR count). The molecule has 0 spiro atoms. The lowest BCUT2D eigenvalue weighted by molar-refractivity contribution is 0.583. The van der Waals surface area contributed by atoms with E-state index in [4.69, 9.17) is 23.2 Å². The highest BCUT2D eigenvalue weighted by Gasteiger charge is 2.42. The van der Waals surface area contributed by atoms with Crippen LogP contribution in [0.15, 0.2) is 48.5 Å². The summed E-state index contributed by atoms with van der Waals surface area (Å²) in [5.41, 5.74) is 11.1. The van der Waals surface area contributed by atoms with E-state index in [2.05, 4.69) is 100 Å². The molecule has 3 aliphatic carbocycles. The van der Waals surface area contributed by atoms with Crippen LogP contribution in [-0.4, -0.2) is 10.2 Å². The number of nitrogens with zero attached hydrogens (tertiary/aromatic N) is 2. The van der Waals surface area contributed by atoms with E-state index in [0.29, 0.717) is 10.3 Å². The first-order valence-corrected chi connectivity index (χ1v) is 12.6. The third-order valence-corrected chi connectivity index (χ3v) is 8.22. The van der Waals surface area contributed by atoms with Gasteiger partial charge in [0.15, 0.2) is 10.3 Å². The molecule has 0 fully saturated rings. The minimum Gasteiger partial charge on any atom is -0.136 e. The Kier molecular flexibility index (Phi) is 4.58. The van der Waals surface area contributed by atoms with Gasteiger partial charge in [0.25, 0.3) is 0 Å². The lowest BCUT2D eigenvalue weighted by Gasteiger charge is -2.43. The molecule has 1 heterocycles. The fourth-order valence-electron chi connectivity index (χ4n) is 5.78. The van der Waals surface area contributed by atoms with E-state index in [0.717, 1.165) is 10.8 Å². The van der Waals surface area contributed by atoms with Crippen LogP contribution in [0.2, 0.25) is 10.3 Å². The van der Waals surface area contributed by atoms with Crippen LogP contribution in [0, 0.1) is 0 Å². The van der Waals surface area contributed by atoms with Crippen molar-refractivity contribution in [2.75, 3.05) is 0 Å². The molecular weight excluding hydrogens is 459 g/mol. The lowest BCUT2D eigenvalue weighted by atomic mass is 9.59. The zero-order valence-electron chi connectivity index (χ0n) is 20.4. The first-order valence-electron chi connectivity index (χ1n) is 11.9. The number of halogens is 2. The highest BCUT2D eigenvalue weighted by atomic mass is 35.5. The second-order valence-corrected chi connectivity index (χ2v) is 12.6. The summed E-state index contributed by atoms with van der Waals surface area (Å²) in [6, 6.07) is 18.6. The minimum absolute atomic E-state index is 0.0866. The summed E-state index contributed by atoms with van der Waals surface area (Å²) in [5.74, 6) is 0.322. The topological polar surface area (TPSA) is 25.8 Å². The van der Waals surface area contributed by atoms with Gasteiger partial charge in [-0.05, 0) is 67.5 Å². The number of benzene rings is 3. The van der Waals surface area contributed by atoms with E-state index >= 15 is 0 Å². The van der Waals surface area contributed by atoms with E-state index in [1.165, 1.54) is 44.5 Å². The van der Waals surface area contributed by atoms with E-state index in [-0.39, 0.29) is 22.7 Å². The number of rotatable bonds is 0. The van der Waals surface area contributed by atoms with Crippen molar-refractivity contribution in [2.24, 2.45) is 0 Å². The van der Waals surface area contributed by atoms with E-state index in [9.17, 15) is 0 Å². The van der Waals surface area contributed by atoms with E-state index in [1.807, 2.05) is 0 Å². The van der Waals surface area contributed by atoms with Gasteiger partial charge in [-0.1, -0.05) is 101 Å². The first-order chi connectivity index (χ1) is 15.9. The second-order valence-electron chi connectivity index (χ2n) is 11.9. The van der Waals surface area contributed by atoms with Crippen molar-refractivity contribution in [1.29, 1.82) is 0 Å². The molecule has 172 valence electrons. The monoisotopic (exact) mass is 486 g/mol. The molecule has 34 heavy (non-hydrogen) atoms. The van der Waals surface area contributed by atoms with Crippen molar-refractivity contribution < 1.29 is 0 Å². The molecule has 4 aromatic rings. The number of hydrogen-bond acceptors (Lipinski definition) is 2. The molecule has 0 N–H and O–H groups in total. The van der Waals surface area contributed by atoms with Gasteiger partial charge in [-0.25, -0.2) is 0 Å². The van der Waals surface area contributed by atoms with Gasteiger partial charge in [0.05, 0.1) is 0 Å². The average molecular weight is 487 g/mol. The van der Waals surface area contributed by atoms with E-state index in [1.54, 1.807) is 0 Å². The Labute approximate surface area is 211 Å². The summed E-state index contributed by atoms with van der Waals surface area (Å²) in [6.07, 6.45) is 0. The number of fused-ring (bicyclic) bond motifs is 1. The first kappa shape index (κ1) is 22.1. The van der Waals surface area contributed by atoms with Gasteiger partial charge in [-0.15, -0.1) is 10.2 Å². The fourth-order valence-corrected chi connectivity index (χ4v) is 6.17. The number of hydrogen-bond donors (Lipinski definition) is 0. The quantitative estimate of drug-likeness (QED) is 0.215. The minimum atomic E-state index is 0.0866. The largest absolute Gasteiger partial charge is 0.159 e. The van der Waals surface area contributed by atoms with Gasteiger partial charge in [0.1, 0.15) is 0 Å². The maximum absolute atomic E-state index is 6.50. The second kappa shape index (κ2) is 7.06. The molecule has 0 amide bonds. The smallest absolute Gasteiger partial charge is 0.136 e. The van der Waals surface area contributed by atoms with Gasteiger partial charge < -0.3 is 0 Å². The zero-order valence-corrected chi connectivity index (χ0v) is 21.9. The van der Waals surface area contributed by atoms with Crippen molar-refractivity contribution in [3.8, 4) is 0 Å². The Morgan fingerprint density at radius 1 is 0.529 bits per heavy atom. The van der Waals surface area contributed by atoms with Crippen LogP contribution in [0.3, 0.4) is 0 Å². The Bertz CT molecular complexity index is 1390. The third kappa shape index (κ3) is 3.08. The predicted octanol–water partition coefficient (Wildman–Crippen LogP) is 8.52. The maximum Gasteiger partial charge on any atom is 0.159 e. The summed E-state index contributed by atoms with van der Waals surface area (Å²) in [5, 5.41) is 10.7. The fraction of sp³-hybridized carbons (Fsp3) is 0.333. The molecule has 2 bridgehead atoms. The summed E-state index contributed by atoms with van der Waals surface area (Å²) < 4.78 is 0. The van der Waals surface area contributed by atoms with Crippen LogP contribution in [0.25, 0.3) is 10.8 Å². The summed E-state index contributed by atoms with van der Waals surface area (Å²) in [6.45, 7) is 13.7. The standard InChI is InChI=1S/C30H28Cl2N2/c1-29(2,3)15-7-9-17-19(11-15)25-18-10-8-16(30(4,5)6)12-20(18)26(17)22-14-24-23(13-21(22)25)27(31)33-34-28(24)32/h7-14,25-26H,1-6H3/t25-,26-/m0/s1. The molecule has 3 aliphatic rings. The molecule has 0 aliphatic heterocycles. The molecule has 0 saturated carbocycles. The van der Waals surface area contributed by atoms with Crippen molar-refractivity contribution in [1.82, 2.24) is 10.2 Å². The Hall–Kier alpha value is -2.42. The van der Waals surface area contributed by atoms with Gasteiger partial charge in [0.2, 0.25) is 0 Å². The Balaban J connectivity index is 1.69. The molecule has 2 atom stereocenters. The molecule has 3 aromatic carbocycles. The highest BCUT2D eigenvalue weighted by molar-refractivity contribution is 6.38. The van der Waals surface area contributed by atoms with Gasteiger partial charge in [-0.2, -0.15) is 0 Å². The molecular formula is C30H28Cl2N2. The molecule has 2 nitrogen and oxygen atoms in total. The van der Waals surface area contributed by atoms with Gasteiger partial charge >= 0.3 is 0 Å². The van der Waals surface area contributed by atoms with Crippen LogP contribution >= 0.6 is 23.2 Å². The molecule has 0 unspecified atom stereocenters. The molecule has 0 radical (unpaired) electrons. The van der Waals surface area contributed by atoms with Crippen LogP contribution in [0.1, 0.15) is 97.9 Å². The Morgan fingerprint density at radius 3 is 1.24 bits per heavy atom. The summed E-state index contributed by atoms with van der Waals surface area (Å²) in [4.78, 5) is 0. The van der Waals surface area contributed by atoms with Crippen LogP contribution in [0.5, 0.6) is 0 Å². The van der Waals surface area contributed by atoms with Gasteiger partial charge in [0, 0.05) is 22.6 Å². The van der Waals surface area contributed by atoms with Crippen LogP contribution < -0.4 is 0 Å². The lowest BCUT2D eigenvalue weighted by Crippen LogP contribution is -2.29. The molecule has 0 saturated heterocycles. The van der Waals surface area contributed by atoms with Crippen molar-refractivity contribution in [3.63, 3.8) is 0 Å². The summed E-state index contributed by atoms with van der Waals surface area (Å²) in [7, 11) is 0. The molecule has 4 heteroatoms. The normalized spacial score (nSPS) is 18.6. The van der Waals surface area contributed by atoms with Gasteiger partial charge in [-0.3, -0.25) is 0 Å². The summed E-state index contributed by atoms with van der Waals surface area (Å²) >= 11 is 13.0. The van der Waals surface area contributed by atoms with Crippen molar-refractivity contribution >= 4 is 34.0 Å². The van der Waals surface area contributed by atoms with Crippen molar-refractivity contribution in [3.05, 3.63) is 103 Å². The van der Waals surface area contributed by atoms with Crippen LogP contribution in [-0.2, 0) is 10.8 Å². The predicted molar refractivity (Wildman–Crippen MR) is 142 cm³/mol. The number of aromatic nitrogens is 2. The average Bonchev–Trinajstić information content (AvgIpc) is 2.78. The maximum atomic E-state index is 6.50. The van der Waals surface area contributed by atoms with Crippen molar-refractivity contribution in [2.45, 2.75) is 64.2 Å². The highest BCUT2D eigenvalue weighted by Crippen LogP contribution is 2.57. The molecule has 1 aromatic heterocycles.